The lowest BCUT2D eigenvalue weighted by molar-refractivity contribution is -0.241. The van der Waals surface area contributed by atoms with Crippen LogP contribution in [0, 0.1) is 4.91 Å². The average molecular weight is 519 g/mol. The van der Waals surface area contributed by atoms with Crippen molar-refractivity contribution in [2.75, 3.05) is 19.8 Å². The Morgan fingerprint density at radius 3 is 1.78 bits per heavy atom. The lowest BCUT2D eigenvalue weighted by Gasteiger charge is -2.48. The molecule has 0 bridgehead atoms. The number of carbonyl (C=O) groups is 6. The standard InChI is InChI=1S/C21H29NO14/c1-11(23)32-10-16(33-12(2)24)17(34-13(3)25)18(35-14(4)26)21(19(28)29,36-15(5)27)20(22-30)6-8-31-9-7-20/h16-18H,6-10H2,1-5H3,(H,28,29). The van der Waals surface area contributed by atoms with Crippen LogP contribution in [0.5, 0.6) is 0 Å². The maximum Gasteiger partial charge on any atom is 0.355 e. The maximum atomic E-state index is 12.9. The molecule has 1 fully saturated rings. The minimum Gasteiger partial charge on any atom is -0.478 e. The smallest absolute Gasteiger partial charge is 0.355 e. The van der Waals surface area contributed by atoms with E-state index in [9.17, 15) is 38.8 Å². The third-order valence-corrected chi connectivity index (χ3v) is 5.24. The van der Waals surface area contributed by atoms with E-state index < -0.39 is 84.7 Å². The van der Waals surface area contributed by atoms with E-state index in [1.165, 1.54) is 0 Å². The number of hydrogen-bond acceptors (Lipinski definition) is 14. The topological polar surface area (TPSA) is 207 Å². The first-order valence-corrected chi connectivity index (χ1v) is 10.7. The van der Waals surface area contributed by atoms with Crippen LogP contribution in [-0.4, -0.2) is 90.2 Å². The number of aliphatic carboxylic acids is 1. The third kappa shape index (κ3) is 7.19. The largest absolute Gasteiger partial charge is 0.478 e. The van der Waals surface area contributed by atoms with Gasteiger partial charge in [0.25, 0.3) is 5.60 Å². The highest BCUT2D eigenvalue weighted by molar-refractivity contribution is 5.85. The molecule has 202 valence electrons. The van der Waals surface area contributed by atoms with Crippen LogP contribution in [0.15, 0.2) is 5.18 Å². The predicted molar refractivity (Wildman–Crippen MR) is 114 cm³/mol. The van der Waals surface area contributed by atoms with Gasteiger partial charge < -0.3 is 33.5 Å². The van der Waals surface area contributed by atoms with Crippen LogP contribution < -0.4 is 0 Å². The molecule has 1 heterocycles. The van der Waals surface area contributed by atoms with Crippen molar-refractivity contribution in [2.24, 2.45) is 5.18 Å². The minimum absolute atomic E-state index is 0.187. The highest BCUT2D eigenvalue weighted by Gasteiger charge is 2.71. The van der Waals surface area contributed by atoms with Crippen LogP contribution in [0.2, 0.25) is 0 Å². The number of carboxylic acid groups (broad SMARTS) is 1. The van der Waals surface area contributed by atoms with Gasteiger partial charge in [-0.3, -0.25) is 24.0 Å². The second-order valence-corrected chi connectivity index (χ2v) is 7.92. The Labute approximate surface area is 205 Å². The second-order valence-electron chi connectivity index (χ2n) is 7.92. The Balaban J connectivity index is 4.00. The molecular weight excluding hydrogens is 490 g/mol. The molecule has 0 radical (unpaired) electrons. The van der Waals surface area contributed by atoms with Gasteiger partial charge in [-0.2, -0.15) is 4.91 Å². The fraction of sp³-hybridized carbons (Fsp3) is 0.714. The Kier molecular flexibility index (Phi) is 10.9. The molecule has 1 aliphatic rings. The van der Waals surface area contributed by atoms with Gasteiger partial charge in [-0.05, 0) is 0 Å². The summed E-state index contributed by atoms with van der Waals surface area (Å²) in [7, 11) is 0. The van der Waals surface area contributed by atoms with Gasteiger partial charge in [0, 0.05) is 60.7 Å². The summed E-state index contributed by atoms with van der Waals surface area (Å²) < 4.78 is 30.9. The summed E-state index contributed by atoms with van der Waals surface area (Å²) in [4.78, 5) is 84.8. The van der Waals surface area contributed by atoms with E-state index in [1.807, 2.05) is 0 Å². The number of rotatable bonds is 12. The molecule has 1 N–H and O–H groups in total. The summed E-state index contributed by atoms with van der Waals surface area (Å²) in [5.41, 5.74) is -5.38. The van der Waals surface area contributed by atoms with E-state index in [2.05, 4.69) is 5.18 Å². The average Bonchev–Trinajstić information content (AvgIpc) is 2.76. The molecule has 0 aromatic heterocycles. The van der Waals surface area contributed by atoms with Crippen LogP contribution >= 0.6 is 0 Å². The zero-order valence-electron chi connectivity index (χ0n) is 20.5. The van der Waals surface area contributed by atoms with Crippen molar-refractivity contribution in [3.63, 3.8) is 0 Å². The summed E-state index contributed by atoms with van der Waals surface area (Å²) >= 11 is 0. The zero-order chi connectivity index (χ0) is 27.7. The van der Waals surface area contributed by atoms with Crippen molar-refractivity contribution in [3.8, 4) is 0 Å². The number of esters is 5. The van der Waals surface area contributed by atoms with E-state index in [-0.39, 0.29) is 13.2 Å². The van der Waals surface area contributed by atoms with E-state index in [0.717, 1.165) is 34.6 Å². The molecule has 1 aliphatic heterocycles. The van der Waals surface area contributed by atoms with Gasteiger partial charge in [0.2, 0.25) is 0 Å². The van der Waals surface area contributed by atoms with Crippen molar-refractivity contribution in [2.45, 2.75) is 76.9 Å². The highest BCUT2D eigenvalue weighted by atomic mass is 16.6. The van der Waals surface area contributed by atoms with Crippen LogP contribution in [0.25, 0.3) is 0 Å². The molecule has 15 nitrogen and oxygen atoms in total. The van der Waals surface area contributed by atoms with Crippen LogP contribution in [0.1, 0.15) is 47.5 Å². The van der Waals surface area contributed by atoms with Crippen molar-refractivity contribution in [1.29, 1.82) is 0 Å². The fourth-order valence-corrected chi connectivity index (χ4v) is 3.94. The number of hydrogen-bond donors (Lipinski definition) is 1. The van der Waals surface area contributed by atoms with Crippen molar-refractivity contribution >= 4 is 35.8 Å². The quantitative estimate of drug-likeness (QED) is 0.205. The van der Waals surface area contributed by atoms with Gasteiger partial charge in [0.05, 0.1) is 0 Å². The molecule has 1 rings (SSSR count). The highest BCUT2D eigenvalue weighted by Crippen LogP contribution is 2.45. The normalized spacial score (nSPS) is 18.7. The third-order valence-electron chi connectivity index (χ3n) is 5.24. The van der Waals surface area contributed by atoms with Crippen LogP contribution in [0.3, 0.4) is 0 Å². The van der Waals surface area contributed by atoms with Gasteiger partial charge in [-0.15, -0.1) is 0 Å². The molecule has 0 aliphatic carbocycles. The molecule has 0 aromatic rings. The lowest BCUT2D eigenvalue weighted by Crippen LogP contribution is -2.73. The monoisotopic (exact) mass is 519 g/mol. The number of ether oxygens (including phenoxy) is 6. The van der Waals surface area contributed by atoms with Gasteiger partial charge in [-0.25, -0.2) is 4.79 Å². The van der Waals surface area contributed by atoms with E-state index in [4.69, 9.17) is 28.4 Å². The molecular formula is C21H29NO14. The first-order chi connectivity index (χ1) is 16.7. The summed E-state index contributed by atoms with van der Waals surface area (Å²) in [5.74, 6) is -7.23. The molecule has 4 atom stereocenters. The molecule has 0 amide bonds. The molecule has 15 heteroatoms. The SMILES string of the molecule is CC(=O)OCC(OC(C)=O)C(OC(C)=O)C(OC(C)=O)C(OC(C)=O)(C(=O)O)C1(N=O)CCOCC1. The molecule has 4 unspecified atom stereocenters. The fourth-order valence-electron chi connectivity index (χ4n) is 3.94. The van der Waals surface area contributed by atoms with E-state index >= 15 is 0 Å². The first-order valence-electron chi connectivity index (χ1n) is 10.7. The number of carboxylic acids is 1. The Morgan fingerprint density at radius 2 is 1.39 bits per heavy atom. The molecule has 0 aromatic carbocycles. The molecule has 1 saturated heterocycles. The Bertz CT molecular complexity index is 880. The Hall–Kier alpha value is -3.62. The minimum atomic E-state index is -3.09. The maximum absolute atomic E-state index is 12.9. The number of nitrogens with zero attached hydrogens (tertiary/aromatic N) is 1. The van der Waals surface area contributed by atoms with Crippen molar-refractivity contribution in [1.82, 2.24) is 0 Å². The summed E-state index contributed by atoms with van der Waals surface area (Å²) in [6, 6.07) is 0. The zero-order valence-corrected chi connectivity index (χ0v) is 20.5. The summed E-state index contributed by atoms with van der Waals surface area (Å²) in [6.07, 6.45) is -6.92. The van der Waals surface area contributed by atoms with E-state index in [1.54, 1.807) is 0 Å². The van der Waals surface area contributed by atoms with Gasteiger partial charge >= 0.3 is 35.8 Å². The van der Waals surface area contributed by atoms with Crippen LogP contribution in [0.4, 0.5) is 0 Å². The van der Waals surface area contributed by atoms with Crippen LogP contribution in [-0.2, 0) is 57.2 Å². The summed E-state index contributed by atoms with van der Waals surface area (Å²) in [5, 5.41) is 13.4. The number of nitroso groups, excluding NO2 is 1. The lowest BCUT2D eigenvalue weighted by atomic mass is 9.69. The Morgan fingerprint density at radius 1 is 0.861 bits per heavy atom. The second kappa shape index (κ2) is 12.9. The van der Waals surface area contributed by atoms with Gasteiger partial charge in [0.1, 0.15) is 6.61 Å². The van der Waals surface area contributed by atoms with Gasteiger partial charge in [0.15, 0.2) is 23.9 Å². The summed E-state index contributed by atoms with van der Waals surface area (Å²) in [6.45, 7) is 3.43. The first kappa shape index (κ1) is 30.4. The predicted octanol–water partition coefficient (Wildman–Crippen LogP) is 0.0467. The molecule has 0 spiro atoms. The van der Waals surface area contributed by atoms with Crippen molar-refractivity contribution in [3.05, 3.63) is 4.91 Å². The molecule has 0 saturated carbocycles. The molecule has 36 heavy (non-hydrogen) atoms. The van der Waals surface area contributed by atoms with Gasteiger partial charge in [-0.1, -0.05) is 5.18 Å². The van der Waals surface area contributed by atoms with E-state index in [0.29, 0.717) is 0 Å². The number of carbonyl (C=O) groups excluding carboxylic acids is 5. The van der Waals surface area contributed by atoms with Crippen molar-refractivity contribution < 1.29 is 62.3 Å².